The van der Waals surface area contributed by atoms with Crippen molar-refractivity contribution in [1.82, 2.24) is 0 Å². The number of allylic oxidation sites excluding steroid dienone is 2. The number of para-hydroxylation sites is 1. The summed E-state index contributed by atoms with van der Waals surface area (Å²) in [6.45, 7) is 10.5. The number of methoxy groups -OCH3 is 1. The van der Waals surface area contributed by atoms with E-state index >= 15 is 0 Å². The first-order valence-corrected chi connectivity index (χ1v) is 14.9. The van der Waals surface area contributed by atoms with Crippen LogP contribution in [0.4, 0.5) is 0 Å². The van der Waals surface area contributed by atoms with Gasteiger partial charge < -0.3 is 25.2 Å². The monoisotopic (exact) mass is 600 g/mol. The molecule has 8 nitrogen and oxygen atoms in total. The molecule has 3 aliphatic rings. The fourth-order valence-corrected chi connectivity index (χ4v) is 8.64. The van der Waals surface area contributed by atoms with Crippen molar-refractivity contribution in [2.45, 2.75) is 66.4 Å². The van der Waals surface area contributed by atoms with Gasteiger partial charge in [-0.05, 0) is 68.2 Å². The summed E-state index contributed by atoms with van der Waals surface area (Å²) in [5.41, 5.74) is -2.47. The van der Waals surface area contributed by atoms with E-state index in [2.05, 4.69) is 0 Å². The lowest BCUT2D eigenvalue weighted by atomic mass is 9.42. The molecule has 1 saturated carbocycles. The normalized spacial score (nSPS) is 28.3. The first-order chi connectivity index (χ1) is 20.5. The molecule has 0 saturated heterocycles. The first-order valence-electron chi connectivity index (χ1n) is 14.9. The minimum atomic E-state index is -2.56. The molecule has 4 atom stereocenters. The number of hydrogen-bond acceptors (Lipinski definition) is 8. The minimum Gasteiger partial charge on any atom is -0.507 e. The zero-order chi connectivity index (χ0) is 32.5. The van der Waals surface area contributed by atoms with Gasteiger partial charge >= 0.3 is 0 Å². The van der Waals surface area contributed by atoms with Gasteiger partial charge in [-0.25, -0.2) is 0 Å². The van der Waals surface area contributed by atoms with Crippen LogP contribution in [0.5, 0.6) is 17.2 Å². The molecule has 0 aromatic heterocycles. The Kier molecular flexibility index (Phi) is 7.44. The molecule has 0 unspecified atom stereocenters. The highest BCUT2D eigenvalue weighted by molar-refractivity contribution is 6.33. The van der Waals surface area contributed by atoms with Crippen molar-refractivity contribution in [3.05, 3.63) is 75.4 Å². The van der Waals surface area contributed by atoms with Crippen molar-refractivity contribution in [3.8, 4) is 17.2 Å². The average Bonchev–Trinajstić information content (AvgIpc) is 2.92. The van der Waals surface area contributed by atoms with Crippen LogP contribution in [0.2, 0.25) is 0 Å². The smallest absolute Gasteiger partial charge is 0.206 e. The molecule has 3 aliphatic carbocycles. The number of rotatable bonds is 6. The van der Waals surface area contributed by atoms with E-state index in [9.17, 15) is 34.8 Å². The lowest BCUT2D eigenvalue weighted by Gasteiger charge is -2.60. The molecule has 2 aromatic carbocycles. The zero-order valence-electron chi connectivity index (χ0n) is 26.2. The van der Waals surface area contributed by atoms with Crippen LogP contribution >= 0.6 is 0 Å². The Bertz CT molecular complexity index is 1710. The third kappa shape index (κ3) is 4.18. The van der Waals surface area contributed by atoms with Crippen LogP contribution in [0.3, 0.4) is 0 Å². The number of carbonyl (C=O) groups is 3. The van der Waals surface area contributed by atoms with E-state index in [1.165, 1.54) is 20.1 Å². The van der Waals surface area contributed by atoms with Gasteiger partial charge in [0.2, 0.25) is 11.6 Å². The van der Waals surface area contributed by atoms with Gasteiger partial charge in [-0.15, -0.1) is 0 Å². The molecule has 232 valence electrons. The van der Waals surface area contributed by atoms with Crippen molar-refractivity contribution < 1.29 is 39.5 Å². The van der Waals surface area contributed by atoms with E-state index in [4.69, 9.17) is 4.74 Å². The van der Waals surface area contributed by atoms with E-state index < -0.39 is 45.5 Å². The second kappa shape index (κ2) is 10.5. The summed E-state index contributed by atoms with van der Waals surface area (Å²) in [7, 11) is 1.48. The predicted molar refractivity (Wildman–Crippen MR) is 166 cm³/mol. The third-order valence-corrected chi connectivity index (χ3v) is 10.2. The van der Waals surface area contributed by atoms with Crippen molar-refractivity contribution in [3.63, 3.8) is 0 Å². The molecule has 0 amide bonds. The van der Waals surface area contributed by atoms with E-state index in [1.54, 1.807) is 38.1 Å². The molecule has 0 heterocycles. The Morgan fingerprint density at radius 2 is 1.77 bits per heavy atom. The maximum Gasteiger partial charge on any atom is 0.206 e. The van der Waals surface area contributed by atoms with Gasteiger partial charge in [-0.2, -0.15) is 0 Å². The predicted octanol–water partition coefficient (Wildman–Crippen LogP) is 5.66. The number of fused-ring (bicyclic) bond motifs is 3. The van der Waals surface area contributed by atoms with Crippen LogP contribution in [0.25, 0.3) is 11.8 Å². The highest BCUT2D eigenvalue weighted by Crippen LogP contribution is 2.65. The second-order valence-corrected chi connectivity index (χ2v) is 13.4. The molecule has 0 aliphatic heterocycles. The molecule has 4 N–H and O–H groups in total. The molecular weight excluding hydrogens is 560 g/mol. The van der Waals surface area contributed by atoms with Gasteiger partial charge in [0, 0.05) is 22.0 Å². The lowest BCUT2D eigenvalue weighted by molar-refractivity contribution is -0.180. The SMILES string of the molecule is COc1cccc(C/C=C\c2ccc(O)c3c2C[C@@]2(C)C[C@@]4(C)[C@H](C(C)C)C(C)=C(C(C)=O)C(=O)[C@@]4(O)C(=O)C2=C3O)c1O. The number of ketones is 3. The van der Waals surface area contributed by atoms with E-state index in [-0.39, 0.29) is 47.0 Å². The molecule has 2 aromatic rings. The molecule has 8 heteroatoms. The van der Waals surface area contributed by atoms with Gasteiger partial charge in [0.15, 0.2) is 22.9 Å². The second-order valence-electron chi connectivity index (χ2n) is 13.4. The minimum absolute atomic E-state index is 0.0468. The molecule has 0 spiro atoms. The van der Waals surface area contributed by atoms with Gasteiger partial charge in [-0.3, -0.25) is 14.4 Å². The fraction of sp³-hybridized carbons (Fsp3) is 0.417. The largest absolute Gasteiger partial charge is 0.507 e. The van der Waals surface area contributed by atoms with Crippen LogP contribution in [-0.4, -0.2) is 50.5 Å². The van der Waals surface area contributed by atoms with Crippen molar-refractivity contribution >= 4 is 29.2 Å². The number of hydrogen-bond donors (Lipinski definition) is 4. The summed E-state index contributed by atoms with van der Waals surface area (Å²) in [5, 5.41) is 45.3. The summed E-state index contributed by atoms with van der Waals surface area (Å²) >= 11 is 0. The molecule has 1 fully saturated rings. The van der Waals surface area contributed by atoms with Gasteiger partial charge in [0.25, 0.3) is 0 Å². The Morgan fingerprint density at radius 1 is 1.09 bits per heavy atom. The summed E-state index contributed by atoms with van der Waals surface area (Å²) in [5.74, 6) is -3.25. The maximum absolute atomic E-state index is 14.5. The average molecular weight is 601 g/mol. The Hall–Kier alpha value is -4.17. The molecule has 0 radical (unpaired) electrons. The quantitative estimate of drug-likeness (QED) is 0.246. The van der Waals surface area contributed by atoms with E-state index in [0.29, 0.717) is 34.4 Å². The number of phenolic OH excluding ortho intramolecular Hbond substituents is 2. The van der Waals surface area contributed by atoms with Crippen molar-refractivity contribution in [2.75, 3.05) is 7.11 Å². The summed E-state index contributed by atoms with van der Waals surface area (Å²) in [6, 6.07) is 8.40. The molecule has 0 bridgehead atoms. The molecular formula is C36H40O8. The number of phenols is 2. The van der Waals surface area contributed by atoms with Crippen LogP contribution in [-0.2, 0) is 27.2 Å². The number of carbonyl (C=O) groups excluding carboxylic acids is 3. The highest BCUT2D eigenvalue weighted by atomic mass is 16.5. The zero-order valence-corrected chi connectivity index (χ0v) is 26.2. The topological polar surface area (TPSA) is 141 Å². The number of ether oxygens (including phenoxy) is 1. The fourth-order valence-electron chi connectivity index (χ4n) is 8.64. The van der Waals surface area contributed by atoms with Gasteiger partial charge in [0.05, 0.1) is 18.2 Å². The standard InChI is InChI=1S/C36H40O8/c1-18(2)28-19(3)26(20(4)37)32(41)36(43)33(42)29-31(40)27-23(16-34(29,5)17-35(28,36)6)21(14-15-24(27)38)10-8-11-22-12-9-13-25(44-7)30(22)39/h8-10,12-15,18,28,38-40,43H,11,16-17H2,1-7H3/b10-8-/t28-,34+,35+,36-/m1/s1. The number of aromatic hydroxyl groups is 2. The number of benzene rings is 2. The van der Waals surface area contributed by atoms with Gasteiger partial charge in [-0.1, -0.05) is 63.6 Å². The van der Waals surface area contributed by atoms with Gasteiger partial charge in [0.1, 0.15) is 11.5 Å². The lowest BCUT2D eigenvalue weighted by Crippen LogP contribution is -2.70. The van der Waals surface area contributed by atoms with Crippen molar-refractivity contribution in [2.24, 2.45) is 22.7 Å². The van der Waals surface area contributed by atoms with E-state index in [1.807, 2.05) is 32.9 Å². The van der Waals surface area contributed by atoms with Crippen molar-refractivity contribution in [1.29, 1.82) is 0 Å². The Labute approximate surface area is 257 Å². The van der Waals surface area contributed by atoms with Crippen LogP contribution in [0.1, 0.15) is 70.2 Å². The summed E-state index contributed by atoms with van der Waals surface area (Å²) in [6.07, 6.45) is 4.51. The maximum atomic E-state index is 14.5. The third-order valence-electron chi connectivity index (χ3n) is 10.2. The first kappa shape index (κ1) is 31.3. The number of aliphatic hydroxyl groups is 2. The Morgan fingerprint density at radius 3 is 2.39 bits per heavy atom. The summed E-state index contributed by atoms with van der Waals surface area (Å²) < 4.78 is 5.20. The van der Waals surface area contributed by atoms with Crippen LogP contribution in [0.15, 0.2) is 53.1 Å². The Balaban J connectivity index is 1.66. The summed E-state index contributed by atoms with van der Waals surface area (Å²) in [4.78, 5) is 41.1. The highest BCUT2D eigenvalue weighted by Gasteiger charge is 2.72. The van der Waals surface area contributed by atoms with Crippen LogP contribution < -0.4 is 4.74 Å². The number of Topliss-reactive ketones (excluding diaryl/α,β-unsaturated/α-hetero) is 3. The van der Waals surface area contributed by atoms with Crippen LogP contribution in [0, 0.1) is 22.7 Å². The molecule has 5 rings (SSSR count). The molecule has 44 heavy (non-hydrogen) atoms. The number of aliphatic hydroxyl groups excluding tert-OH is 1. The van der Waals surface area contributed by atoms with E-state index in [0.717, 1.165) is 0 Å².